The molecule has 8 N–H and O–H groups in total. The molecule has 0 heterocycles. The number of phenolic OH excluding ortho intramolecular Hbond substituents is 1. The lowest BCUT2D eigenvalue weighted by Gasteiger charge is -2.22. The van der Waals surface area contributed by atoms with E-state index in [1.807, 2.05) is 0 Å². The normalized spacial score (nSPS) is 15.0. The molecular weight excluding hydrogens is 374 g/mol. The Hall–Kier alpha value is -3.18. The van der Waals surface area contributed by atoms with E-state index < -0.39 is 54.4 Å². The lowest BCUT2D eigenvalue weighted by molar-refractivity contribution is -0.143. The molecule has 0 fully saturated rings. The van der Waals surface area contributed by atoms with Crippen LogP contribution in [0.1, 0.15) is 18.9 Å². The minimum Gasteiger partial charge on any atom is -0.508 e. The zero-order chi connectivity index (χ0) is 21.4. The number of aliphatic hydroxyl groups is 1. The van der Waals surface area contributed by atoms with Gasteiger partial charge in [0.2, 0.25) is 11.8 Å². The second kappa shape index (κ2) is 10.2. The smallest absolute Gasteiger partial charge is 0.326 e. The van der Waals surface area contributed by atoms with Gasteiger partial charge in [0.05, 0.1) is 12.5 Å². The fraction of sp³-hybridized carbons (Fsp3) is 0.412. The third-order valence-corrected chi connectivity index (χ3v) is 3.82. The third-order valence-electron chi connectivity index (χ3n) is 3.82. The Balaban J connectivity index is 2.89. The van der Waals surface area contributed by atoms with Crippen LogP contribution >= 0.6 is 0 Å². The van der Waals surface area contributed by atoms with Crippen molar-refractivity contribution >= 4 is 23.8 Å². The molecule has 0 aliphatic heterocycles. The number of aliphatic hydroxyl groups excluding tert-OH is 1. The van der Waals surface area contributed by atoms with Crippen molar-refractivity contribution in [2.75, 3.05) is 0 Å². The number of nitrogens with one attached hydrogen (secondary N) is 2. The lowest BCUT2D eigenvalue weighted by atomic mass is 10.0. The van der Waals surface area contributed by atoms with Gasteiger partial charge in [0, 0.05) is 6.42 Å². The average Bonchev–Trinajstić information content (AvgIpc) is 2.60. The molecule has 0 saturated heterocycles. The van der Waals surface area contributed by atoms with Crippen molar-refractivity contribution in [1.82, 2.24) is 10.6 Å². The molecule has 2 amide bonds. The summed E-state index contributed by atoms with van der Waals surface area (Å²) in [5.74, 6) is -4.78. The van der Waals surface area contributed by atoms with Gasteiger partial charge in [0.15, 0.2) is 0 Å². The Morgan fingerprint density at radius 3 is 2.00 bits per heavy atom. The molecule has 0 aromatic heterocycles. The number of carboxylic acids is 2. The van der Waals surface area contributed by atoms with Crippen LogP contribution in [0.4, 0.5) is 0 Å². The van der Waals surface area contributed by atoms with Crippen molar-refractivity contribution in [3.05, 3.63) is 29.8 Å². The van der Waals surface area contributed by atoms with Gasteiger partial charge in [-0.05, 0) is 24.6 Å². The molecule has 1 aromatic carbocycles. The van der Waals surface area contributed by atoms with E-state index in [9.17, 15) is 34.5 Å². The van der Waals surface area contributed by atoms with Crippen molar-refractivity contribution in [3.63, 3.8) is 0 Å². The van der Waals surface area contributed by atoms with Crippen LogP contribution < -0.4 is 16.4 Å². The average molecular weight is 397 g/mol. The summed E-state index contributed by atoms with van der Waals surface area (Å²) in [5, 5.41) is 41.1. The number of hydrogen-bond donors (Lipinski definition) is 7. The Kier molecular flexibility index (Phi) is 8.35. The highest BCUT2D eigenvalue weighted by atomic mass is 16.4. The molecule has 1 aromatic rings. The number of carboxylic acid groups (broad SMARTS) is 2. The SMILES string of the molecule is C[C@@H](O)[C@H](N)C(=O)N[C@@H](CC(=O)O)C(=O)N[C@H](Cc1ccc(O)cc1)C(=O)O. The molecule has 11 nitrogen and oxygen atoms in total. The zero-order valence-corrected chi connectivity index (χ0v) is 15.0. The largest absolute Gasteiger partial charge is 0.508 e. The van der Waals surface area contributed by atoms with Crippen molar-refractivity contribution in [2.45, 2.75) is 44.0 Å². The van der Waals surface area contributed by atoms with Crippen molar-refractivity contribution in [2.24, 2.45) is 5.73 Å². The molecular formula is C17H23N3O8. The van der Waals surface area contributed by atoms with Gasteiger partial charge in [0.25, 0.3) is 0 Å². The molecule has 11 heteroatoms. The Morgan fingerprint density at radius 1 is 1.00 bits per heavy atom. The fourth-order valence-electron chi connectivity index (χ4n) is 2.21. The predicted molar refractivity (Wildman–Crippen MR) is 95.2 cm³/mol. The highest BCUT2D eigenvalue weighted by Crippen LogP contribution is 2.11. The number of carbonyl (C=O) groups is 4. The number of hydrogen-bond acceptors (Lipinski definition) is 7. The van der Waals surface area contributed by atoms with Crippen LogP contribution in [0.3, 0.4) is 0 Å². The van der Waals surface area contributed by atoms with Gasteiger partial charge >= 0.3 is 11.9 Å². The van der Waals surface area contributed by atoms with E-state index >= 15 is 0 Å². The second-order valence-electron chi connectivity index (χ2n) is 6.20. The minimum atomic E-state index is -1.59. The van der Waals surface area contributed by atoms with Crippen LogP contribution in [-0.2, 0) is 25.6 Å². The summed E-state index contributed by atoms with van der Waals surface area (Å²) < 4.78 is 0. The number of phenols is 1. The number of benzene rings is 1. The monoisotopic (exact) mass is 397 g/mol. The Bertz CT molecular complexity index is 720. The number of carbonyl (C=O) groups excluding carboxylic acids is 2. The summed E-state index contributed by atoms with van der Waals surface area (Å²) in [6.07, 6.45) is -2.19. The molecule has 0 bridgehead atoms. The number of rotatable bonds is 10. The lowest BCUT2D eigenvalue weighted by Crippen LogP contribution is -2.57. The van der Waals surface area contributed by atoms with E-state index in [0.29, 0.717) is 5.56 Å². The van der Waals surface area contributed by atoms with Crippen LogP contribution in [0, 0.1) is 0 Å². The number of aromatic hydroxyl groups is 1. The van der Waals surface area contributed by atoms with Gasteiger partial charge in [-0.2, -0.15) is 0 Å². The van der Waals surface area contributed by atoms with Crippen LogP contribution in [-0.4, -0.2) is 68.4 Å². The van der Waals surface area contributed by atoms with E-state index in [4.69, 9.17) is 10.8 Å². The second-order valence-corrected chi connectivity index (χ2v) is 6.20. The number of aliphatic carboxylic acids is 2. The topological polar surface area (TPSA) is 199 Å². The molecule has 28 heavy (non-hydrogen) atoms. The first-order valence-corrected chi connectivity index (χ1v) is 8.28. The highest BCUT2D eigenvalue weighted by molar-refractivity contribution is 5.94. The minimum absolute atomic E-state index is 0.0154. The summed E-state index contributed by atoms with van der Waals surface area (Å²) in [5.41, 5.74) is 5.95. The summed E-state index contributed by atoms with van der Waals surface area (Å²) >= 11 is 0. The van der Waals surface area contributed by atoms with E-state index in [2.05, 4.69) is 10.6 Å². The first kappa shape index (κ1) is 22.9. The maximum atomic E-state index is 12.4. The zero-order valence-electron chi connectivity index (χ0n) is 15.0. The summed E-state index contributed by atoms with van der Waals surface area (Å²) in [6, 6.07) is 1.25. The van der Waals surface area contributed by atoms with Gasteiger partial charge < -0.3 is 36.8 Å². The third kappa shape index (κ3) is 7.21. The van der Waals surface area contributed by atoms with E-state index in [-0.39, 0.29) is 12.2 Å². The molecule has 0 aliphatic rings. The molecule has 0 saturated carbocycles. The molecule has 0 aliphatic carbocycles. The van der Waals surface area contributed by atoms with Crippen LogP contribution in [0.15, 0.2) is 24.3 Å². The quantitative estimate of drug-likeness (QED) is 0.237. The van der Waals surface area contributed by atoms with E-state index in [0.717, 1.165) is 0 Å². The number of nitrogens with two attached hydrogens (primary N) is 1. The van der Waals surface area contributed by atoms with E-state index in [1.165, 1.54) is 31.2 Å². The van der Waals surface area contributed by atoms with E-state index in [1.54, 1.807) is 0 Å². The standard InChI is InChI=1S/C17H23N3O8/c1-8(21)14(18)16(26)19-11(7-13(23)24)15(25)20-12(17(27)28)6-9-2-4-10(22)5-3-9/h2-5,8,11-12,14,21-22H,6-7,18H2,1H3,(H,19,26)(H,20,25)(H,23,24)(H,27,28)/t8-,11+,12-,14+/m1/s1. The molecule has 154 valence electrons. The van der Waals surface area contributed by atoms with Crippen molar-refractivity contribution < 1.29 is 39.6 Å². The Labute approximate surface area is 160 Å². The molecule has 0 unspecified atom stereocenters. The number of amides is 2. The maximum absolute atomic E-state index is 12.4. The molecule has 0 spiro atoms. The molecule has 0 radical (unpaired) electrons. The van der Waals surface area contributed by atoms with Crippen LogP contribution in [0.2, 0.25) is 0 Å². The summed E-state index contributed by atoms with van der Waals surface area (Å²) in [4.78, 5) is 46.7. The van der Waals surface area contributed by atoms with Gasteiger partial charge in [-0.3, -0.25) is 14.4 Å². The van der Waals surface area contributed by atoms with Gasteiger partial charge in [0.1, 0.15) is 23.9 Å². The predicted octanol–water partition coefficient (Wildman–Crippen LogP) is -1.83. The molecule has 1 rings (SSSR count). The maximum Gasteiger partial charge on any atom is 0.326 e. The summed E-state index contributed by atoms with van der Waals surface area (Å²) in [7, 11) is 0. The highest BCUT2D eigenvalue weighted by Gasteiger charge is 2.30. The first-order valence-electron chi connectivity index (χ1n) is 8.28. The fourth-order valence-corrected chi connectivity index (χ4v) is 2.21. The van der Waals surface area contributed by atoms with Crippen molar-refractivity contribution in [1.29, 1.82) is 0 Å². The summed E-state index contributed by atoms with van der Waals surface area (Å²) in [6.45, 7) is 1.24. The van der Waals surface area contributed by atoms with Crippen molar-refractivity contribution in [3.8, 4) is 5.75 Å². The molecule has 4 atom stereocenters. The van der Waals surface area contributed by atoms with Crippen LogP contribution in [0.5, 0.6) is 5.75 Å². The van der Waals surface area contributed by atoms with Crippen LogP contribution in [0.25, 0.3) is 0 Å². The Morgan fingerprint density at radius 2 is 1.54 bits per heavy atom. The van der Waals surface area contributed by atoms with Gasteiger partial charge in [-0.15, -0.1) is 0 Å². The first-order chi connectivity index (χ1) is 13.0. The van der Waals surface area contributed by atoms with Gasteiger partial charge in [-0.25, -0.2) is 4.79 Å². The van der Waals surface area contributed by atoms with Gasteiger partial charge in [-0.1, -0.05) is 12.1 Å².